The maximum atomic E-state index is 10.8. The van der Waals surface area contributed by atoms with Crippen LogP contribution in [0.5, 0.6) is 5.75 Å². The Kier molecular flexibility index (Phi) is 4.44. The molecular weight excluding hydrogens is 324 g/mol. The van der Waals surface area contributed by atoms with Crippen molar-refractivity contribution in [2.45, 2.75) is 20.0 Å². The quantitative estimate of drug-likeness (QED) is 0.910. The molecule has 0 aliphatic rings. The molecule has 0 aliphatic carbocycles. The standard InChI is InChI=1S/C14H15BrN2O3/c1-9-14(15)11(17(2)16-9)8-20-12-6-4-3-5-10(12)7-13(18)19/h3-6H,7-8H2,1-2H3,(H,18,19). The van der Waals surface area contributed by atoms with Crippen molar-refractivity contribution < 1.29 is 14.6 Å². The first-order chi connectivity index (χ1) is 9.49. The van der Waals surface area contributed by atoms with E-state index in [0.29, 0.717) is 17.9 Å². The largest absolute Gasteiger partial charge is 0.487 e. The first-order valence-electron chi connectivity index (χ1n) is 6.09. The number of aryl methyl sites for hydroxylation is 2. The lowest BCUT2D eigenvalue weighted by molar-refractivity contribution is -0.136. The summed E-state index contributed by atoms with van der Waals surface area (Å²) in [4.78, 5) is 10.8. The molecule has 6 heteroatoms. The zero-order chi connectivity index (χ0) is 14.7. The Morgan fingerprint density at radius 3 is 2.75 bits per heavy atom. The number of rotatable bonds is 5. The number of aliphatic carboxylic acids is 1. The highest BCUT2D eigenvalue weighted by atomic mass is 79.9. The van der Waals surface area contributed by atoms with Crippen molar-refractivity contribution in [2.75, 3.05) is 0 Å². The van der Waals surface area contributed by atoms with Gasteiger partial charge < -0.3 is 9.84 Å². The van der Waals surface area contributed by atoms with Gasteiger partial charge in [0.25, 0.3) is 0 Å². The second kappa shape index (κ2) is 6.09. The molecule has 1 heterocycles. The van der Waals surface area contributed by atoms with Crippen LogP contribution in [-0.2, 0) is 24.9 Å². The van der Waals surface area contributed by atoms with Crippen LogP contribution in [0.1, 0.15) is 17.0 Å². The Morgan fingerprint density at radius 2 is 2.15 bits per heavy atom. The first kappa shape index (κ1) is 14.6. The highest BCUT2D eigenvalue weighted by Gasteiger charge is 2.13. The van der Waals surface area contributed by atoms with Crippen molar-refractivity contribution in [3.63, 3.8) is 0 Å². The smallest absolute Gasteiger partial charge is 0.307 e. The van der Waals surface area contributed by atoms with Gasteiger partial charge in [-0.1, -0.05) is 18.2 Å². The summed E-state index contributed by atoms with van der Waals surface area (Å²) in [5.41, 5.74) is 2.47. The molecule has 0 spiro atoms. The molecular formula is C14H15BrN2O3. The number of para-hydroxylation sites is 1. The molecule has 20 heavy (non-hydrogen) atoms. The summed E-state index contributed by atoms with van der Waals surface area (Å²) in [5, 5.41) is 13.2. The second-order valence-electron chi connectivity index (χ2n) is 4.44. The van der Waals surface area contributed by atoms with Gasteiger partial charge >= 0.3 is 5.97 Å². The van der Waals surface area contributed by atoms with Crippen LogP contribution in [0.3, 0.4) is 0 Å². The van der Waals surface area contributed by atoms with E-state index in [2.05, 4.69) is 21.0 Å². The van der Waals surface area contributed by atoms with Crippen LogP contribution in [0.25, 0.3) is 0 Å². The van der Waals surface area contributed by atoms with E-state index in [1.54, 1.807) is 22.9 Å². The third-order valence-electron chi connectivity index (χ3n) is 2.94. The summed E-state index contributed by atoms with van der Waals surface area (Å²) in [5.74, 6) is -0.292. The minimum Gasteiger partial charge on any atom is -0.487 e. The van der Waals surface area contributed by atoms with Crippen LogP contribution in [0.15, 0.2) is 28.7 Å². The molecule has 0 fully saturated rings. The maximum Gasteiger partial charge on any atom is 0.307 e. The van der Waals surface area contributed by atoms with Crippen molar-refractivity contribution in [3.8, 4) is 5.75 Å². The number of carboxylic acids is 1. The summed E-state index contributed by atoms with van der Waals surface area (Å²) < 4.78 is 8.41. The molecule has 0 amide bonds. The van der Waals surface area contributed by atoms with Gasteiger partial charge in [-0.15, -0.1) is 0 Å². The molecule has 0 aliphatic heterocycles. The van der Waals surface area contributed by atoms with Crippen LogP contribution < -0.4 is 4.74 Å². The average Bonchev–Trinajstić information content (AvgIpc) is 2.62. The van der Waals surface area contributed by atoms with E-state index in [0.717, 1.165) is 15.9 Å². The van der Waals surface area contributed by atoms with E-state index in [4.69, 9.17) is 9.84 Å². The van der Waals surface area contributed by atoms with E-state index in [1.165, 1.54) is 0 Å². The highest BCUT2D eigenvalue weighted by Crippen LogP contribution is 2.24. The number of hydrogen-bond acceptors (Lipinski definition) is 3. The van der Waals surface area contributed by atoms with Gasteiger partial charge in [-0.3, -0.25) is 9.48 Å². The predicted octanol–water partition coefficient (Wildman–Crippen LogP) is 2.70. The lowest BCUT2D eigenvalue weighted by Gasteiger charge is -2.10. The summed E-state index contributed by atoms with van der Waals surface area (Å²) in [6, 6.07) is 7.15. The van der Waals surface area contributed by atoms with Gasteiger partial charge in [0.1, 0.15) is 12.4 Å². The zero-order valence-corrected chi connectivity index (χ0v) is 12.8. The molecule has 0 bridgehead atoms. The lowest BCUT2D eigenvalue weighted by Crippen LogP contribution is -2.07. The number of benzene rings is 1. The first-order valence-corrected chi connectivity index (χ1v) is 6.88. The second-order valence-corrected chi connectivity index (χ2v) is 5.23. The minimum absolute atomic E-state index is 0.0538. The van der Waals surface area contributed by atoms with Crippen LogP contribution in [0, 0.1) is 6.92 Å². The van der Waals surface area contributed by atoms with Crippen molar-refractivity contribution in [1.82, 2.24) is 9.78 Å². The van der Waals surface area contributed by atoms with E-state index in [1.807, 2.05) is 20.0 Å². The highest BCUT2D eigenvalue weighted by molar-refractivity contribution is 9.10. The number of halogens is 1. The maximum absolute atomic E-state index is 10.8. The molecule has 1 N–H and O–H groups in total. The van der Waals surface area contributed by atoms with Crippen molar-refractivity contribution in [1.29, 1.82) is 0 Å². The van der Waals surface area contributed by atoms with E-state index >= 15 is 0 Å². The summed E-state index contributed by atoms with van der Waals surface area (Å²) in [6.45, 7) is 2.24. The molecule has 0 saturated heterocycles. The van der Waals surface area contributed by atoms with Crippen LogP contribution in [-0.4, -0.2) is 20.9 Å². The number of aromatic nitrogens is 2. The number of hydrogen-bond donors (Lipinski definition) is 1. The van der Waals surface area contributed by atoms with E-state index in [-0.39, 0.29) is 6.42 Å². The Hall–Kier alpha value is -1.82. The SMILES string of the molecule is Cc1nn(C)c(COc2ccccc2CC(=O)O)c1Br. The van der Waals surface area contributed by atoms with Gasteiger partial charge in [-0.2, -0.15) is 5.10 Å². The Labute approximate surface area is 125 Å². The summed E-state index contributed by atoms with van der Waals surface area (Å²) >= 11 is 3.48. The van der Waals surface area contributed by atoms with Gasteiger partial charge in [0.2, 0.25) is 0 Å². The molecule has 0 atom stereocenters. The van der Waals surface area contributed by atoms with E-state index in [9.17, 15) is 4.79 Å². The fourth-order valence-electron chi connectivity index (χ4n) is 1.94. The number of nitrogens with zero attached hydrogens (tertiary/aromatic N) is 2. The molecule has 2 aromatic rings. The number of carbonyl (C=O) groups is 1. The van der Waals surface area contributed by atoms with E-state index < -0.39 is 5.97 Å². The molecule has 0 radical (unpaired) electrons. The van der Waals surface area contributed by atoms with Crippen LogP contribution in [0.4, 0.5) is 0 Å². The third-order valence-corrected chi connectivity index (χ3v) is 3.97. The van der Waals surface area contributed by atoms with Gasteiger partial charge in [0.15, 0.2) is 0 Å². The van der Waals surface area contributed by atoms with Crippen LogP contribution in [0.2, 0.25) is 0 Å². The van der Waals surface area contributed by atoms with Gasteiger partial charge in [0, 0.05) is 12.6 Å². The summed E-state index contributed by atoms with van der Waals surface area (Å²) in [7, 11) is 1.85. The van der Waals surface area contributed by atoms with Crippen molar-refractivity contribution >= 4 is 21.9 Å². The lowest BCUT2D eigenvalue weighted by atomic mass is 10.1. The van der Waals surface area contributed by atoms with Gasteiger partial charge in [-0.05, 0) is 28.9 Å². The average molecular weight is 339 g/mol. The minimum atomic E-state index is -0.876. The van der Waals surface area contributed by atoms with Crippen molar-refractivity contribution in [2.24, 2.45) is 7.05 Å². The Morgan fingerprint density at radius 1 is 1.45 bits per heavy atom. The number of ether oxygens (including phenoxy) is 1. The molecule has 106 valence electrons. The predicted molar refractivity (Wildman–Crippen MR) is 77.8 cm³/mol. The molecule has 0 saturated carbocycles. The number of carboxylic acid groups (broad SMARTS) is 1. The molecule has 2 rings (SSSR count). The molecule has 0 unspecified atom stereocenters. The Balaban J connectivity index is 2.17. The van der Waals surface area contributed by atoms with Crippen molar-refractivity contribution in [3.05, 3.63) is 45.7 Å². The third kappa shape index (κ3) is 3.19. The summed E-state index contributed by atoms with van der Waals surface area (Å²) in [6.07, 6.45) is -0.0538. The molecule has 1 aromatic heterocycles. The van der Waals surface area contributed by atoms with Gasteiger partial charge in [0.05, 0.1) is 22.3 Å². The molecule has 1 aromatic carbocycles. The topological polar surface area (TPSA) is 64.4 Å². The fourth-order valence-corrected chi connectivity index (χ4v) is 2.39. The fraction of sp³-hybridized carbons (Fsp3) is 0.286. The van der Waals surface area contributed by atoms with Gasteiger partial charge in [-0.25, -0.2) is 0 Å². The monoisotopic (exact) mass is 338 g/mol. The molecule has 5 nitrogen and oxygen atoms in total. The Bertz CT molecular complexity index is 637. The normalized spacial score (nSPS) is 10.6. The zero-order valence-electron chi connectivity index (χ0n) is 11.3. The van der Waals surface area contributed by atoms with Crippen LogP contribution >= 0.6 is 15.9 Å².